The molecule has 1 radical (unpaired) electrons. The zero-order chi connectivity index (χ0) is 27.5. The van der Waals surface area contributed by atoms with E-state index < -0.39 is 17.4 Å². The summed E-state index contributed by atoms with van der Waals surface area (Å²) >= 11 is 0. The molecule has 1 aliphatic carbocycles. The van der Waals surface area contributed by atoms with E-state index in [1.54, 1.807) is 24.3 Å². The van der Waals surface area contributed by atoms with E-state index in [2.05, 4.69) is 22.9 Å². The summed E-state index contributed by atoms with van der Waals surface area (Å²) in [6, 6.07) is 6.28. The molecule has 1 aromatic rings. The Balaban J connectivity index is 1.49. The number of unbranched alkanes of at least 4 members (excludes halogenated alkanes) is 3. The zero-order valence-corrected chi connectivity index (χ0v) is 21.8. The molecule has 1 atom stereocenters. The van der Waals surface area contributed by atoms with Gasteiger partial charge in [0.15, 0.2) is 0 Å². The summed E-state index contributed by atoms with van der Waals surface area (Å²) in [5.74, 6) is -1.70. The van der Waals surface area contributed by atoms with Gasteiger partial charge in [-0.05, 0) is 82.5 Å². The number of benzene rings is 1. The summed E-state index contributed by atoms with van der Waals surface area (Å²) in [4.78, 5) is 63.8. The molecular formula is C28H38N5O5. The van der Waals surface area contributed by atoms with Crippen LogP contribution < -0.4 is 21.7 Å². The van der Waals surface area contributed by atoms with Gasteiger partial charge in [0.2, 0.25) is 17.7 Å². The first kappa shape index (κ1) is 29.0. The minimum absolute atomic E-state index is 0.299. The molecule has 0 bridgehead atoms. The van der Waals surface area contributed by atoms with Crippen molar-refractivity contribution in [2.45, 2.75) is 63.8 Å². The molecule has 5 amide bonds. The van der Waals surface area contributed by atoms with Crippen molar-refractivity contribution in [3.8, 4) is 0 Å². The van der Waals surface area contributed by atoms with Crippen molar-refractivity contribution in [2.75, 3.05) is 25.0 Å². The van der Waals surface area contributed by atoms with E-state index in [0.717, 1.165) is 24.8 Å². The Kier molecular flexibility index (Phi) is 10.6. The molecular weight excluding hydrogens is 486 g/mol. The van der Waals surface area contributed by atoms with Crippen LogP contribution in [0, 0.1) is 12.3 Å². The van der Waals surface area contributed by atoms with Gasteiger partial charge in [-0.2, -0.15) is 0 Å². The van der Waals surface area contributed by atoms with Crippen LogP contribution in [0.25, 0.3) is 0 Å². The average molecular weight is 525 g/mol. The number of carbonyl (C=O) groups excluding carboxylic acids is 5. The van der Waals surface area contributed by atoms with Gasteiger partial charge in [-0.15, -0.1) is 0 Å². The van der Waals surface area contributed by atoms with Gasteiger partial charge < -0.3 is 21.7 Å². The first-order valence-electron chi connectivity index (χ1n) is 13.3. The fraction of sp³-hybridized carbons (Fsp3) is 0.500. The number of carbonyl (C=O) groups is 5. The first-order valence-corrected chi connectivity index (χ1v) is 13.3. The van der Waals surface area contributed by atoms with Crippen LogP contribution in [-0.4, -0.2) is 60.1 Å². The van der Waals surface area contributed by atoms with Crippen molar-refractivity contribution < 1.29 is 24.0 Å². The molecule has 0 unspecified atom stereocenters. The maximum Gasteiger partial charge on any atom is 0.253 e. The molecule has 1 saturated carbocycles. The number of anilines is 1. The number of hydrogen-bond acceptors (Lipinski definition) is 6. The molecule has 5 N–H and O–H groups in total. The SMILES string of the molecule is [CH2]c1ccc(NC(=O)[C@H](CCCCN)NC(=O)C2(C(=O)NCCCCCN3C(=O)C=CC3=O)CCC2)cc1. The van der Waals surface area contributed by atoms with Gasteiger partial charge in [0.25, 0.3) is 11.8 Å². The highest BCUT2D eigenvalue weighted by molar-refractivity contribution is 6.12. The summed E-state index contributed by atoms with van der Waals surface area (Å²) in [7, 11) is 0. The van der Waals surface area contributed by atoms with E-state index in [0.29, 0.717) is 63.8 Å². The lowest BCUT2D eigenvalue weighted by atomic mass is 9.67. The lowest BCUT2D eigenvalue weighted by molar-refractivity contribution is -0.151. The summed E-state index contributed by atoms with van der Waals surface area (Å²) < 4.78 is 0. The molecule has 1 aliphatic heterocycles. The number of nitrogens with zero attached hydrogens (tertiary/aromatic N) is 1. The second-order valence-corrected chi connectivity index (χ2v) is 9.91. The number of amides is 5. The smallest absolute Gasteiger partial charge is 0.253 e. The van der Waals surface area contributed by atoms with Crippen molar-refractivity contribution >= 4 is 35.2 Å². The minimum atomic E-state index is -1.18. The Labute approximate surface area is 223 Å². The molecule has 205 valence electrons. The van der Waals surface area contributed by atoms with Gasteiger partial charge in [-0.3, -0.25) is 28.9 Å². The molecule has 1 heterocycles. The lowest BCUT2D eigenvalue weighted by Gasteiger charge is -2.39. The highest BCUT2D eigenvalue weighted by Gasteiger charge is 2.51. The van der Waals surface area contributed by atoms with E-state index in [9.17, 15) is 24.0 Å². The third-order valence-corrected chi connectivity index (χ3v) is 7.11. The molecule has 0 saturated heterocycles. The van der Waals surface area contributed by atoms with Crippen LogP contribution in [0.15, 0.2) is 36.4 Å². The van der Waals surface area contributed by atoms with Crippen LogP contribution in [0.1, 0.15) is 63.4 Å². The second-order valence-electron chi connectivity index (χ2n) is 9.91. The van der Waals surface area contributed by atoms with Gasteiger partial charge in [0, 0.05) is 30.9 Å². The van der Waals surface area contributed by atoms with Gasteiger partial charge in [-0.1, -0.05) is 18.6 Å². The van der Waals surface area contributed by atoms with Crippen LogP contribution in [0.5, 0.6) is 0 Å². The van der Waals surface area contributed by atoms with Crippen LogP contribution in [-0.2, 0) is 24.0 Å². The summed E-state index contributed by atoms with van der Waals surface area (Å²) in [5, 5.41) is 8.55. The molecule has 2 aliphatic rings. The molecule has 1 fully saturated rings. The molecule has 3 rings (SSSR count). The molecule has 10 nitrogen and oxygen atoms in total. The zero-order valence-electron chi connectivity index (χ0n) is 21.8. The molecule has 1 aromatic carbocycles. The monoisotopic (exact) mass is 524 g/mol. The molecule has 0 spiro atoms. The van der Waals surface area contributed by atoms with Crippen molar-refractivity contribution in [1.29, 1.82) is 0 Å². The highest BCUT2D eigenvalue weighted by atomic mass is 16.2. The Morgan fingerprint density at radius 1 is 0.947 bits per heavy atom. The molecule has 10 heteroatoms. The third kappa shape index (κ3) is 7.50. The standard InChI is InChI=1S/C28H38N5O5/c1-20-9-11-21(12-10-20)31-25(36)22(8-3-4-17-29)32-27(38)28(15-7-16-28)26(37)30-18-5-2-6-19-33-23(34)13-14-24(33)35/h9-14,22H,1-8,15-19,29H2,(H,30,37)(H,31,36)(H,32,38)/t22-/m0/s1. The Morgan fingerprint density at radius 3 is 2.24 bits per heavy atom. The van der Waals surface area contributed by atoms with E-state index in [4.69, 9.17) is 5.73 Å². The maximum absolute atomic E-state index is 13.3. The van der Waals surface area contributed by atoms with Gasteiger partial charge in [0.05, 0.1) is 0 Å². The second kappa shape index (κ2) is 13.9. The van der Waals surface area contributed by atoms with Gasteiger partial charge in [-0.25, -0.2) is 0 Å². The first-order chi connectivity index (χ1) is 18.3. The van der Waals surface area contributed by atoms with Crippen LogP contribution >= 0.6 is 0 Å². The van der Waals surface area contributed by atoms with Crippen molar-refractivity contribution in [3.05, 3.63) is 48.9 Å². The van der Waals surface area contributed by atoms with Crippen molar-refractivity contribution in [1.82, 2.24) is 15.5 Å². The Morgan fingerprint density at radius 2 is 1.63 bits per heavy atom. The van der Waals surface area contributed by atoms with E-state index in [1.807, 2.05) is 0 Å². The third-order valence-electron chi connectivity index (χ3n) is 7.11. The number of imide groups is 1. The largest absolute Gasteiger partial charge is 0.355 e. The summed E-state index contributed by atoms with van der Waals surface area (Å²) in [5.41, 5.74) is 5.85. The van der Waals surface area contributed by atoms with E-state index >= 15 is 0 Å². The van der Waals surface area contributed by atoms with E-state index in [1.165, 1.54) is 17.1 Å². The minimum Gasteiger partial charge on any atom is -0.355 e. The number of rotatable bonds is 15. The van der Waals surface area contributed by atoms with Crippen molar-refractivity contribution in [2.24, 2.45) is 11.1 Å². The quantitative estimate of drug-likeness (QED) is 0.156. The molecule has 0 aromatic heterocycles. The maximum atomic E-state index is 13.3. The Hall–Kier alpha value is -3.53. The number of nitrogens with two attached hydrogens (primary N) is 1. The molecule has 38 heavy (non-hydrogen) atoms. The highest BCUT2D eigenvalue weighted by Crippen LogP contribution is 2.41. The van der Waals surface area contributed by atoms with Crippen LogP contribution in [0.2, 0.25) is 0 Å². The van der Waals surface area contributed by atoms with Gasteiger partial charge >= 0.3 is 0 Å². The van der Waals surface area contributed by atoms with Crippen LogP contribution in [0.3, 0.4) is 0 Å². The predicted molar refractivity (Wildman–Crippen MR) is 143 cm³/mol. The van der Waals surface area contributed by atoms with Gasteiger partial charge in [0.1, 0.15) is 11.5 Å². The number of nitrogens with one attached hydrogen (secondary N) is 3. The van der Waals surface area contributed by atoms with Crippen molar-refractivity contribution in [3.63, 3.8) is 0 Å². The fourth-order valence-corrected chi connectivity index (χ4v) is 4.56. The normalized spacial score (nSPS) is 16.6. The topological polar surface area (TPSA) is 151 Å². The lowest BCUT2D eigenvalue weighted by Crippen LogP contribution is -2.58. The summed E-state index contributed by atoms with van der Waals surface area (Å²) in [6.07, 6.45) is 7.95. The fourth-order valence-electron chi connectivity index (χ4n) is 4.56. The Bertz CT molecular complexity index is 1030. The van der Waals surface area contributed by atoms with Crippen LogP contribution in [0.4, 0.5) is 5.69 Å². The number of hydrogen-bond donors (Lipinski definition) is 4. The predicted octanol–water partition coefficient (Wildman–Crippen LogP) is 1.80. The summed E-state index contributed by atoms with van der Waals surface area (Å²) in [6.45, 7) is 5.05. The van der Waals surface area contributed by atoms with E-state index in [-0.39, 0.29) is 23.6 Å². The average Bonchev–Trinajstić information content (AvgIpc) is 3.18.